The summed E-state index contributed by atoms with van der Waals surface area (Å²) >= 11 is 0. The van der Waals surface area contributed by atoms with Crippen LogP contribution in [0.15, 0.2) is 0 Å². The Balaban J connectivity index is 2.17. The van der Waals surface area contributed by atoms with E-state index in [-0.39, 0.29) is 11.9 Å². The van der Waals surface area contributed by atoms with Crippen molar-refractivity contribution in [3.05, 3.63) is 0 Å². The molecule has 1 fully saturated rings. The average Bonchev–Trinajstić information content (AvgIpc) is 2.76. The highest BCUT2D eigenvalue weighted by molar-refractivity contribution is 5.80. The maximum Gasteiger partial charge on any atom is 0.238 e. The van der Waals surface area contributed by atoms with Gasteiger partial charge < -0.3 is 10.2 Å². The third-order valence-electron chi connectivity index (χ3n) is 2.77. The van der Waals surface area contributed by atoms with E-state index in [1.807, 2.05) is 6.92 Å². The lowest BCUT2D eigenvalue weighted by Gasteiger charge is -2.17. The molecule has 0 aromatic rings. The number of carbonyl (C=O) groups excluding carboxylic acids is 1. The van der Waals surface area contributed by atoms with E-state index in [2.05, 4.69) is 12.2 Å². The summed E-state index contributed by atoms with van der Waals surface area (Å²) < 4.78 is 0. The molecule has 76 valence electrons. The van der Waals surface area contributed by atoms with Crippen molar-refractivity contribution >= 4 is 5.91 Å². The third-order valence-corrected chi connectivity index (χ3v) is 2.77. The number of rotatable bonds is 4. The van der Waals surface area contributed by atoms with Crippen LogP contribution < -0.4 is 5.32 Å². The van der Waals surface area contributed by atoms with E-state index in [0.717, 1.165) is 18.4 Å². The summed E-state index contributed by atoms with van der Waals surface area (Å²) in [6, 6.07) is -0.0391. The highest BCUT2D eigenvalue weighted by Gasteiger charge is 2.32. The van der Waals surface area contributed by atoms with Crippen molar-refractivity contribution in [3.63, 3.8) is 0 Å². The molecule has 0 aromatic carbocycles. The summed E-state index contributed by atoms with van der Waals surface area (Å²) in [4.78, 5) is 13.1. The van der Waals surface area contributed by atoms with Crippen LogP contribution in [-0.4, -0.2) is 37.5 Å². The Hall–Kier alpha value is -0.570. The topological polar surface area (TPSA) is 32.3 Å². The van der Waals surface area contributed by atoms with E-state index in [1.165, 1.54) is 6.42 Å². The van der Waals surface area contributed by atoms with Crippen LogP contribution in [0, 0.1) is 11.8 Å². The van der Waals surface area contributed by atoms with Crippen molar-refractivity contribution in [2.45, 2.75) is 26.3 Å². The predicted molar refractivity (Wildman–Crippen MR) is 53.4 cm³/mol. The highest BCUT2D eigenvalue weighted by Crippen LogP contribution is 2.36. The lowest BCUT2D eigenvalue weighted by molar-refractivity contribution is -0.130. The van der Waals surface area contributed by atoms with Crippen molar-refractivity contribution in [2.24, 2.45) is 11.8 Å². The fourth-order valence-corrected chi connectivity index (χ4v) is 1.49. The second kappa shape index (κ2) is 4.09. The molecular formula is C10H20N2O. The first-order chi connectivity index (χ1) is 6.02. The minimum absolute atomic E-state index is 0.0391. The quantitative estimate of drug-likeness (QED) is 0.698. The Labute approximate surface area is 80.5 Å². The van der Waals surface area contributed by atoms with Crippen LogP contribution in [0.4, 0.5) is 0 Å². The summed E-state index contributed by atoms with van der Waals surface area (Å²) in [6.07, 6.45) is 1.32. The van der Waals surface area contributed by atoms with Crippen molar-refractivity contribution in [1.29, 1.82) is 0 Å². The summed E-state index contributed by atoms with van der Waals surface area (Å²) in [5, 5.41) is 3.26. The molecule has 1 amide bonds. The molecule has 3 unspecified atom stereocenters. The number of amides is 1. The molecule has 0 bridgehead atoms. The van der Waals surface area contributed by atoms with Crippen LogP contribution in [0.3, 0.4) is 0 Å². The van der Waals surface area contributed by atoms with Gasteiger partial charge in [-0.1, -0.05) is 6.92 Å². The number of likely N-dealkylation sites (N-methyl/N-ethyl adjacent to an activating group) is 1. The first kappa shape index (κ1) is 10.5. The predicted octanol–water partition coefficient (Wildman–Crippen LogP) is 0.709. The standard InChI is InChI=1S/C10H20N2O/c1-7-5-9(7)6-11-8(2)10(13)12(3)4/h7-9,11H,5-6H2,1-4H3. The number of hydrogen-bond acceptors (Lipinski definition) is 2. The fourth-order valence-electron chi connectivity index (χ4n) is 1.49. The first-order valence-corrected chi connectivity index (χ1v) is 4.97. The molecule has 13 heavy (non-hydrogen) atoms. The van der Waals surface area contributed by atoms with Gasteiger partial charge in [-0.15, -0.1) is 0 Å². The van der Waals surface area contributed by atoms with Gasteiger partial charge in [0, 0.05) is 14.1 Å². The molecule has 0 aromatic heterocycles. The van der Waals surface area contributed by atoms with Crippen LogP contribution >= 0.6 is 0 Å². The van der Waals surface area contributed by atoms with Crippen molar-refractivity contribution in [1.82, 2.24) is 10.2 Å². The maximum absolute atomic E-state index is 11.4. The zero-order valence-corrected chi connectivity index (χ0v) is 9.00. The van der Waals surface area contributed by atoms with Crippen LogP contribution in [0.2, 0.25) is 0 Å². The van der Waals surface area contributed by atoms with Crippen molar-refractivity contribution in [2.75, 3.05) is 20.6 Å². The zero-order valence-electron chi connectivity index (χ0n) is 9.00. The molecule has 0 heterocycles. The van der Waals surface area contributed by atoms with Crippen LogP contribution in [0.25, 0.3) is 0 Å². The average molecular weight is 184 g/mol. The largest absolute Gasteiger partial charge is 0.347 e. The number of nitrogens with one attached hydrogen (secondary N) is 1. The summed E-state index contributed by atoms with van der Waals surface area (Å²) in [5.41, 5.74) is 0. The zero-order chi connectivity index (χ0) is 10.0. The Morgan fingerprint density at radius 3 is 2.54 bits per heavy atom. The molecule has 1 N–H and O–H groups in total. The monoisotopic (exact) mass is 184 g/mol. The van der Waals surface area contributed by atoms with E-state index < -0.39 is 0 Å². The molecule has 0 saturated heterocycles. The van der Waals surface area contributed by atoms with Crippen molar-refractivity contribution in [3.8, 4) is 0 Å². The van der Waals surface area contributed by atoms with Gasteiger partial charge in [0.25, 0.3) is 0 Å². The SMILES string of the molecule is CC(NCC1CC1C)C(=O)N(C)C. The molecule has 1 aliphatic rings. The van der Waals surface area contributed by atoms with E-state index in [4.69, 9.17) is 0 Å². The van der Waals surface area contributed by atoms with Crippen LogP contribution in [0.5, 0.6) is 0 Å². The second-order valence-corrected chi connectivity index (χ2v) is 4.34. The molecule has 0 radical (unpaired) electrons. The van der Waals surface area contributed by atoms with Gasteiger partial charge in [0.1, 0.15) is 0 Å². The molecule has 0 spiro atoms. The van der Waals surface area contributed by atoms with Gasteiger partial charge in [0.15, 0.2) is 0 Å². The lowest BCUT2D eigenvalue weighted by atomic mass is 10.2. The fraction of sp³-hybridized carbons (Fsp3) is 0.900. The Kier molecular flexibility index (Phi) is 3.31. The summed E-state index contributed by atoms with van der Waals surface area (Å²) in [5.74, 6) is 1.82. The van der Waals surface area contributed by atoms with Gasteiger partial charge >= 0.3 is 0 Å². The smallest absolute Gasteiger partial charge is 0.238 e. The Morgan fingerprint density at radius 2 is 2.15 bits per heavy atom. The van der Waals surface area contributed by atoms with E-state index >= 15 is 0 Å². The number of carbonyl (C=O) groups is 1. The van der Waals surface area contributed by atoms with Gasteiger partial charge in [-0.3, -0.25) is 4.79 Å². The Morgan fingerprint density at radius 1 is 1.62 bits per heavy atom. The molecule has 1 saturated carbocycles. The molecular weight excluding hydrogens is 164 g/mol. The molecule has 3 atom stereocenters. The second-order valence-electron chi connectivity index (χ2n) is 4.34. The van der Waals surface area contributed by atoms with Gasteiger partial charge in [0.2, 0.25) is 5.91 Å². The highest BCUT2D eigenvalue weighted by atomic mass is 16.2. The van der Waals surface area contributed by atoms with Gasteiger partial charge in [-0.05, 0) is 31.7 Å². The van der Waals surface area contributed by atoms with Gasteiger partial charge in [-0.2, -0.15) is 0 Å². The summed E-state index contributed by atoms with van der Waals surface area (Å²) in [6.45, 7) is 5.17. The molecule has 3 nitrogen and oxygen atoms in total. The minimum Gasteiger partial charge on any atom is -0.347 e. The van der Waals surface area contributed by atoms with E-state index in [0.29, 0.717) is 0 Å². The van der Waals surface area contributed by atoms with Gasteiger partial charge in [-0.25, -0.2) is 0 Å². The van der Waals surface area contributed by atoms with Crippen LogP contribution in [0.1, 0.15) is 20.3 Å². The lowest BCUT2D eigenvalue weighted by Crippen LogP contribution is -2.42. The molecule has 3 heteroatoms. The van der Waals surface area contributed by atoms with Crippen molar-refractivity contribution < 1.29 is 4.79 Å². The number of nitrogens with zero attached hydrogens (tertiary/aromatic N) is 1. The summed E-state index contributed by atoms with van der Waals surface area (Å²) in [7, 11) is 3.58. The molecule has 1 aliphatic carbocycles. The Bertz CT molecular complexity index is 191. The maximum atomic E-state index is 11.4. The van der Waals surface area contributed by atoms with Gasteiger partial charge in [0.05, 0.1) is 6.04 Å². The van der Waals surface area contributed by atoms with E-state index in [9.17, 15) is 4.79 Å². The molecule has 0 aliphatic heterocycles. The third kappa shape index (κ3) is 2.99. The minimum atomic E-state index is -0.0391. The van der Waals surface area contributed by atoms with Crippen LogP contribution in [-0.2, 0) is 4.79 Å². The number of hydrogen-bond donors (Lipinski definition) is 1. The first-order valence-electron chi connectivity index (χ1n) is 4.97. The normalized spacial score (nSPS) is 28.3. The van der Waals surface area contributed by atoms with E-state index in [1.54, 1.807) is 19.0 Å². The molecule has 1 rings (SSSR count).